The van der Waals surface area contributed by atoms with Gasteiger partial charge in [0.15, 0.2) is 0 Å². The third kappa shape index (κ3) is 4.37. The Morgan fingerprint density at radius 2 is 1.02 bits per heavy atom. The molecule has 0 N–H and O–H groups in total. The Hall–Kier alpha value is -4.93. The second kappa shape index (κ2) is 11.3. The van der Waals surface area contributed by atoms with E-state index in [2.05, 4.69) is 126 Å². The van der Waals surface area contributed by atoms with Crippen molar-refractivity contribution in [3.05, 3.63) is 163 Å². The summed E-state index contributed by atoms with van der Waals surface area (Å²) in [5.41, 5.74) is 9.44. The second-order valence-corrected chi connectivity index (χ2v) is 16.9. The molecule has 4 aliphatic carbocycles. The Morgan fingerprint density at radius 1 is 0.480 bits per heavy atom. The highest BCUT2D eigenvalue weighted by atomic mass is 32.2. The number of anilines is 3. The molecule has 246 valence electrons. The van der Waals surface area contributed by atoms with E-state index < -0.39 is 9.84 Å². The maximum absolute atomic E-state index is 14.5. The van der Waals surface area contributed by atoms with Gasteiger partial charge in [-0.05, 0) is 126 Å². The molecule has 0 radical (unpaired) electrons. The quantitative estimate of drug-likeness (QED) is 0.183. The predicted molar refractivity (Wildman–Crippen MR) is 202 cm³/mol. The van der Waals surface area contributed by atoms with Crippen molar-refractivity contribution in [3.63, 3.8) is 0 Å². The molecule has 0 saturated heterocycles. The van der Waals surface area contributed by atoms with Gasteiger partial charge in [0.2, 0.25) is 9.84 Å². The van der Waals surface area contributed by atoms with Crippen LogP contribution in [0.2, 0.25) is 0 Å². The van der Waals surface area contributed by atoms with Crippen molar-refractivity contribution in [2.75, 3.05) is 4.90 Å². The molecule has 0 amide bonds. The lowest BCUT2D eigenvalue weighted by atomic mass is 9.42. The fourth-order valence-electron chi connectivity index (χ4n) is 10.7. The summed E-state index contributed by atoms with van der Waals surface area (Å²) >= 11 is 0. The van der Waals surface area contributed by atoms with Crippen molar-refractivity contribution in [1.29, 1.82) is 0 Å². The molecule has 4 fully saturated rings. The van der Waals surface area contributed by atoms with Crippen LogP contribution >= 0.6 is 0 Å². The number of nitrogens with zero attached hydrogens (tertiary/aromatic N) is 1. The van der Waals surface area contributed by atoms with Crippen LogP contribution in [0.5, 0.6) is 0 Å². The molecular formula is C46H39NO2S. The molecule has 0 aromatic heterocycles. The minimum atomic E-state index is -3.69. The number of para-hydroxylation sites is 1. The van der Waals surface area contributed by atoms with E-state index in [0.29, 0.717) is 21.6 Å². The monoisotopic (exact) mass is 669 g/mol. The molecule has 4 bridgehead atoms. The van der Waals surface area contributed by atoms with Gasteiger partial charge in [-0.25, -0.2) is 8.42 Å². The SMILES string of the molecule is O=S1(=O)c2ccccc2C2(c3cc(N(c4ccc(-c5ccccc5)cc4)c4ccccc4-c4ccccc4)ccc31)C1CC3CC(C1)CC2C3. The van der Waals surface area contributed by atoms with Crippen LogP contribution < -0.4 is 4.90 Å². The third-order valence-electron chi connectivity index (χ3n) is 12.5. The number of rotatable bonds is 5. The smallest absolute Gasteiger partial charge is 0.207 e. The molecule has 50 heavy (non-hydrogen) atoms. The fraction of sp³-hybridized carbons (Fsp3) is 0.217. The molecule has 0 unspecified atom stereocenters. The molecule has 11 rings (SSSR count). The number of hydrogen-bond donors (Lipinski definition) is 0. The Morgan fingerprint density at radius 3 is 1.72 bits per heavy atom. The highest BCUT2D eigenvalue weighted by Gasteiger charge is 2.62. The second-order valence-electron chi connectivity index (χ2n) is 15.0. The van der Waals surface area contributed by atoms with Gasteiger partial charge in [-0.1, -0.05) is 109 Å². The summed E-state index contributed by atoms with van der Waals surface area (Å²) in [7, 11) is -3.69. The van der Waals surface area contributed by atoms with Crippen LogP contribution in [0, 0.1) is 23.7 Å². The summed E-state index contributed by atoms with van der Waals surface area (Å²) in [5, 5.41) is 0. The van der Waals surface area contributed by atoms with Gasteiger partial charge in [-0.15, -0.1) is 0 Å². The molecule has 6 aromatic carbocycles. The largest absolute Gasteiger partial charge is 0.310 e. The van der Waals surface area contributed by atoms with Gasteiger partial charge in [0.1, 0.15) is 0 Å². The molecule has 4 heteroatoms. The number of fused-ring (bicyclic) bond motifs is 2. The maximum atomic E-state index is 14.5. The first-order valence-electron chi connectivity index (χ1n) is 18.1. The summed E-state index contributed by atoms with van der Waals surface area (Å²) < 4.78 is 29.1. The van der Waals surface area contributed by atoms with Gasteiger partial charge >= 0.3 is 0 Å². The lowest BCUT2D eigenvalue weighted by Crippen LogP contribution is -2.57. The first-order chi connectivity index (χ1) is 24.5. The van der Waals surface area contributed by atoms with Crippen molar-refractivity contribution in [2.45, 2.75) is 47.3 Å². The van der Waals surface area contributed by atoms with Gasteiger partial charge in [0, 0.05) is 22.4 Å². The Labute approximate surface area is 295 Å². The zero-order valence-electron chi connectivity index (χ0n) is 28.0. The molecular weight excluding hydrogens is 631 g/mol. The van der Waals surface area contributed by atoms with Crippen LogP contribution in [0.4, 0.5) is 17.1 Å². The van der Waals surface area contributed by atoms with Gasteiger partial charge in [-0.2, -0.15) is 0 Å². The van der Waals surface area contributed by atoms with E-state index in [-0.39, 0.29) is 5.41 Å². The summed E-state index contributed by atoms with van der Waals surface area (Å²) in [6.45, 7) is 0. The summed E-state index contributed by atoms with van der Waals surface area (Å²) in [6, 6.07) is 52.6. The van der Waals surface area contributed by atoms with Crippen molar-refractivity contribution in [1.82, 2.24) is 0 Å². The zero-order chi connectivity index (χ0) is 33.5. The summed E-state index contributed by atoms with van der Waals surface area (Å²) in [4.78, 5) is 3.37. The van der Waals surface area contributed by atoms with Crippen LogP contribution in [0.15, 0.2) is 161 Å². The van der Waals surface area contributed by atoms with Gasteiger partial charge in [-0.3, -0.25) is 0 Å². The molecule has 5 aliphatic rings. The highest BCUT2D eigenvalue weighted by molar-refractivity contribution is 7.91. The minimum absolute atomic E-state index is 0.303. The molecule has 1 heterocycles. The third-order valence-corrected chi connectivity index (χ3v) is 14.3. The van der Waals surface area contributed by atoms with Crippen LogP contribution in [0.3, 0.4) is 0 Å². The Kier molecular flexibility index (Phi) is 6.76. The highest BCUT2D eigenvalue weighted by Crippen LogP contribution is 2.68. The van der Waals surface area contributed by atoms with Gasteiger partial charge in [0.25, 0.3) is 0 Å². The normalized spacial score (nSPS) is 25.2. The maximum Gasteiger partial charge on any atom is 0.207 e. The lowest BCUT2D eigenvalue weighted by molar-refractivity contribution is -0.0446. The molecule has 0 atom stereocenters. The van der Waals surface area contributed by atoms with E-state index in [1.807, 2.05) is 30.3 Å². The van der Waals surface area contributed by atoms with E-state index in [9.17, 15) is 8.42 Å². The van der Waals surface area contributed by atoms with Crippen molar-refractivity contribution >= 4 is 26.9 Å². The van der Waals surface area contributed by atoms with E-state index in [4.69, 9.17) is 0 Å². The van der Waals surface area contributed by atoms with Crippen molar-refractivity contribution in [3.8, 4) is 22.3 Å². The molecule has 3 nitrogen and oxygen atoms in total. The summed E-state index contributed by atoms with van der Waals surface area (Å²) in [5.74, 6) is 2.41. The number of hydrogen-bond acceptors (Lipinski definition) is 3. The van der Waals surface area contributed by atoms with Crippen LogP contribution in [-0.4, -0.2) is 8.42 Å². The van der Waals surface area contributed by atoms with E-state index in [0.717, 1.165) is 56.7 Å². The average Bonchev–Trinajstić information content (AvgIpc) is 3.16. The predicted octanol–water partition coefficient (Wildman–Crippen LogP) is 11.4. The van der Waals surface area contributed by atoms with E-state index >= 15 is 0 Å². The van der Waals surface area contributed by atoms with Crippen LogP contribution in [0.1, 0.15) is 43.2 Å². The van der Waals surface area contributed by atoms with Crippen molar-refractivity contribution in [2.24, 2.45) is 23.7 Å². The number of benzene rings is 6. The van der Waals surface area contributed by atoms with Gasteiger partial charge < -0.3 is 4.90 Å². The van der Waals surface area contributed by atoms with E-state index in [1.165, 1.54) is 37.7 Å². The van der Waals surface area contributed by atoms with Crippen LogP contribution in [-0.2, 0) is 15.3 Å². The van der Waals surface area contributed by atoms with Crippen molar-refractivity contribution < 1.29 is 8.42 Å². The van der Waals surface area contributed by atoms with Crippen LogP contribution in [0.25, 0.3) is 22.3 Å². The van der Waals surface area contributed by atoms with E-state index in [1.54, 1.807) is 0 Å². The molecule has 6 aromatic rings. The first kappa shape index (κ1) is 29.9. The molecule has 1 spiro atoms. The first-order valence-corrected chi connectivity index (χ1v) is 19.6. The fourth-order valence-corrected chi connectivity index (χ4v) is 12.5. The standard InChI is InChI=1S/C46H39NO2S/c48-50(49)44-18-10-8-16-41(44)46(36-26-31-25-32(28-36)29-37(46)27-31)42-30-39(23-24-45(42)50)47(38-21-19-34(20-22-38)33-11-3-1-4-12-33)43-17-9-7-15-40(43)35-13-5-2-6-14-35/h1-24,30-32,36-37H,25-29H2. The zero-order valence-corrected chi connectivity index (χ0v) is 28.8. The topological polar surface area (TPSA) is 37.4 Å². The Balaban J connectivity index is 1.21. The Bertz CT molecular complexity index is 2320. The lowest BCUT2D eigenvalue weighted by Gasteiger charge is -2.63. The number of sulfone groups is 1. The summed E-state index contributed by atoms with van der Waals surface area (Å²) in [6.07, 6.45) is 6.09. The average molecular weight is 670 g/mol. The molecule has 4 saturated carbocycles. The molecule has 1 aliphatic heterocycles. The van der Waals surface area contributed by atoms with Gasteiger partial charge in [0.05, 0.1) is 15.5 Å². The minimum Gasteiger partial charge on any atom is -0.310 e.